The molecule has 0 fully saturated rings. The number of benzene rings is 1. The third-order valence-electron chi connectivity index (χ3n) is 2.17. The van der Waals surface area contributed by atoms with Gasteiger partial charge in [-0.2, -0.15) is 0 Å². The number of hydrogen-bond donors (Lipinski definition) is 3. The van der Waals surface area contributed by atoms with Crippen LogP contribution in [-0.4, -0.2) is 0 Å². The summed E-state index contributed by atoms with van der Waals surface area (Å²) in [5.41, 5.74) is 8.75. The lowest BCUT2D eigenvalue weighted by atomic mass is 10.1. The van der Waals surface area contributed by atoms with Crippen LogP contribution in [0.3, 0.4) is 0 Å². The first-order chi connectivity index (χ1) is 7.00. The molecule has 0 saturated heterocycles. The van der Waals surface area contributed by atoms with E-state index in [1.165, 1.54) is 0 Å². The molecule has 0 aliphatic carbocycles. The van der Waals surface area contributed by atoms with Crippen molar-refractivity contribution >= 4 is 18.3 Å². The minimum Gasteiger partial charge on any atom is -0.385 e. The second-order valence-electron chi connectivity index (χ2n) is 3.49. The third-order valence-corrected chi connectivity index (χ3v) is 2.45. The summed E-state index contributed by atoms with van der Waals surface area (Å²) in [6, 6.07) is 7.70. The van der Waals surface area contributed by atoms with Gasteiger partial charge in [0.1, 0.15) is 5.82 Å². The summed E-state index contributed by atoms with van der Waals surface area (Å²) in [6.45, 7) is 7.71. The fraction of sp³-hybridized carbons (Fsp3) is 0.167. The minimum absolute atomic E-state index is 0.626. The van der Waals surface area contributed by atoms with Gasteiger partial charge in [-0.15, -0.1) is 12.6 Å². The highest BCUT2D eigenvalue weighted by Gasteiger charge is 1.99. The lowest BCUT2D eigenvalue weighted by Crippen LogP contribution is -2.12. The van der Waals surface area contributed by atoms with Crippen molar-refractivity contribution in [3.05, 3.63) is 47.8 Å². The molecule has 0 amide bonds. The third kappa shape index (κ3) is 3.36. The van der Waals surface area contributed by atoms with E-state index in [0.717, 1.165) is 21.7 Å². The Morgan fingerprint density at radius 1 is 1.40 bits per heavy atom. The molecule has 0 aliphatic rings. The highest BCUT2D eigenvalue weighted by atomic mass is 32.1. The van der Waals surface area contributed by atoms with Gasteiger partial charge in [0.25, 0.3) is 0 Å². The molecule has 0 saturated carbocycles. The van der Waals surface area contributed by atoms with Crippen LogP contribution in [-0.2, 0) is 0 Å². The summed E-state index contributed by atoms with van der Waals surface area (Å²) in [6.07, 6.45) is 0. The smallest absolute Gasteiger partial charge is 0.104 e. The van der Waals surface area contributed by atoms with E-state index in [0.29, 0.717) is 5.82 Å². The van der Waals surface area contributed by atoms with Gasteiger partial charge in [0.05, 0.1) is 0 Å². The number of hydrogen-bond acceptors (Lipinski definition) is 3. The van der Waals surface area contributed by atoms with E-state index in [2.05, 4.69) is 24.5 Å². The highest BCUT2D eigenvalue weighted by molar-refractivity contribution is 7.80. The Kier molecular flexibility index (Phi) is 3.86. The van der Waals surface area contributed by atoms with E-state index in [9.17, 15) is 0 Å². The summed E-state index contributed by atoms with van der Waals surface area (Å²) in [5, 5.41) is 3.11. The van der Waals surface area contributed by atoms with Crippen LogP contribution in [0.15, 0.2) is 52.7 Å². The first kappa shape index (κ1) is 11.7. The van der Waals surface area contributed by atoms with Crippen LogP contribution < -0.4 is 11.1 Å². The summed E-state index contributed by atoms with van der Waals surface area (Å²) in [7, 11) is 0. The van der Waals surface area contributed by atoms with Gasteiger partial charge in [-0.05, 0) is 37.6 Å². The van der Waals surface area contributed by atoms with Gasteiger partial charge in [-0.1, -0.05) is 18.2 Å². The van der Waals surface area contributed by atoms with Crippen molar-refractivity contribution in [3.63, 3.8) is 0 Å². The topological polar surface area (TPSA) is 38.0 Å². The molecule has 15 heavy (non-hydrogen) atoms. The first-order valence-corrected chi connectivity index (χ1v) is 5.13. The van der Waals surface area contributed by atoms with Gasteiger partial charge in [-0.25, -0.2) is 0 Å². The molecule has 0 radical (unpaired) electrons. The van der Waals surface area contributed by atoms with Crippen molar-refractivity contribution in [3.8, 4) is 0 Å². The molecule has 0 unspecified atom stereocenters. The number of allylic oxidation sites excluding steroid dienone is 2. The largest absolute Gasteiger partial charge is 0.385 e. The van der Waals surface area contributed by atoms with Crippen LogP contribution in [0, 0.1) is 0 Å². The molecule has 0 atom stereocenters. The van der Waals surface area contributed by atoms with E-state index in [4.69, 9.17) is 5.73 Å². The molecule has 1 aromatic rings. The highest BCUT2D eigenvalue weighted by Crippen LogP contribution is 2.16. The number of nitrogens with two attached hydrogens (primary N) is 1. The Labute approximate surface area is 96.3 Å². The fourth-order valence-corrected chi connectivity index (χ4v) is 1.29. The average Bonchev–Trinajstić information content (AvgIpc) is 2.16. The summed E-state index contributed by atoms with van der Waals surface area (Å²) < 4.78 is 0. The molecule has 0 bridgehead atoms. The molecule has 0 aliphatic heterocycles. The Morgan fingerprint density at radius 2 is 2.07 bits per heavy atom. The predicted octanol–water partition coefficient (Wildman–Crippen LogP) is 3.15. The van der Waals surface area contributed by atoms with Crippen molar-refractivity contribution < 1.29 is 0 Å². The van der Waals surface area contributed by atoms with Gasteiger partial charge >= 0.3 is 0 Å². The SMILES string of the molecule is C=C(C)/C(C)=C(/N)Nc1cccc(S)c1. The summed E-state index contributed by atoms with van der Waals surface area (Å²) in [5.74, 6) is 0.626. The van der Waals surface area contributed by atoms with Crippen LogP contribution in [0.2, 0.25) is 0 Å². The van der Waals surface area contributed by atoms with Gasteiger partial charge in [0.15, 0.2) is 0 Å². The Morgan fingerprint density at radius 3 is 2.60 bits per heavy atom. The average molecular weight is 220 g/mol. The zero-order valence-corrected chi connectivity index (χ0v) is 9.94. The van der Waals surface area contributed by atoms with Crippen molar-refractivity contribution in [2.24, 2.45) is 5.73 Å². The minimum atomic E-state index is 0.626. The maximum atomic E-state index is 5.88. The lowest BCUT2D eigenvalue weighted by molar-refractivity contribution is 1.19. The molecule has 1 rings (SSSR count). The second-order valence-corrected chi connectivity index (χ2v) is 4.01. The Balaban J connectivity index is 2.87. The molecular weight excluding hydrogens is 204 g/mol. The molecular formula is C12H16N2S. The molecule has 0 aromatic heterocycles. The molecule has 2 nitrogen and oxygen atoms in total. The van der Waals surface area contributed by atoms with Crippen molar-refractivity contribution in [1.82, 2.24) is 0 Å². The molecule has 0 spiro atoms. The van der Waals surface area contributed by atoms with E-state index in [1.807, 2.05) is 38.1 Å². The fourth-order valence-electron chi connectivity index (χ4n) is 1.06. The Bertz CT molecular complexity index is 408. The lowest BCUT2D eigenvalue weighted by Gasteiger charge is -2.10. The van der Waals surface area contributed by atoms with Crippen LogP contribution in [0.1, 0.15) is 13.8 Å². The van der Waals surface area contributed by atoms with E-state index in [-0.39, 0.29) is 0 Å². The Hall–Kier alpha value is -1.35. The summed E-state index contributed by atoms with van der Waals surface area (Å²) in [4.78, 5) is 0.903. The molecule has 1 aromatic carbocycles. The molecule has 0 heterocycles. The maximum Gasteiger partial charge on any atom is 0.104 e. The van der Waals surface area contributed by atoms with Gasteiger partial charge < -0.3 is 11.1 Å². The monoisotopic (exact) mass is 220 g/mol. The number of rotatable bonds is 3. The molecule has 3 heteroatoms. The van der Waals surface area contributed by atoms with Crippen LogP contribution in [0.5, 0.6) is 0 Å². The van der Waals surface area contributed by atoms with E-state index in [1.54, 1.807) is 0 Å². The van der Waals surface area contributed by atoms with Gasteiger partial charge in [0, 0.05) is 10.6 Å². The molecule has 80 valence electrons. The van der Waals surface area contributed by atoms with Crippen molar-refractivity contribution in [2.75, 3.05) is 5.32 Å². The zero-order valence-electron chi connectivity index (χ0n) is 9.04. The number of anilines is 1. The van der Waals surface area contributed by atoms with Crippen LogP contribution in [0.25, 0.3) is 0 Å². The van der Waals surface area contributed by atoms with Gasteiger partial charge in [0.2, 0.25) is 0 Å². The van der Waals surface area contributed by atoms with Crippen molar-refractivity contribution in [2.45, 2.75) is 18.7 Å². The maximum absolute atomic E-state index is 5.88. The number of thiol groups is 1. The van der Waals surface area contributed by atoms with E-state index >= 15 is 0 Å². The zero-order chi connectivity index (χ0) is 11.4. The first-order valence-electron chi connectivity index (χ1n) is 4.69. The predicted molar refractivity (Wildman–Crippen MR) is 69.0 cm³/mol. The van der Waals surface area contributed by atoms with Crippen molar-refractivity contribution in [1.29, 1.82) is 0 Å². The van der Waals surface area contributed by atoms with Crippen LogP contribution in [0.4, 0.5) is 5.69 Å². The normalized spacial score (nSPS) is 11.9. The second kappa shape index (κ2) is 4.94. The summed E-state index contributed by atoms with van der Waals surface area (Å²) >= 11 is 4.25. The van der Waals surface area contributed by atoms with Crippen LogP contribution >= 0.6 is 12.6 Å². The van der Waals surface area contributed by atoms with E-state index < -0.39 is 0 Å². The number of nitrogens with one attached hydrogen (secondary N) is 1. The van der Waals surface area contributed by atoms with Gasteiger partial charge in [-0.3, -0.25) is 0 Å². The molecule has 3 N–H and O–H groups in total. The standard InChI is InChI=1S/C12H16N2S/c1-8(2)9(3)12(13)14-10-5-4-6-11(15)7-10/h4-7,14-15H,1,13H2,2-3H3/b12-9-. The quantitative estimate of drug-likeness (QED) is 0.541.